The van der Waals surface area contributed by atoms with E-state index in [2.05, 4.69) is 0 Å². The average molecular weight is 190 g/mol. The van der Waals surface area contributed by atoms with E-state index in [1.807, 2.05) is 0 Å². The number of halogens is 2. The molecule has 0 fully saturated rings. The van der Waals surface area contributed by atoms with Gasteiger partial charge in [-0.15, -0.1) is 23.2 Å². The molecule has 2 nitrogen and oxygen atoms in total. The van der Waals surface area contributed by atoms with E-state index in [4.69, 9.17) is 23.2 Å². The lowest BCUT2D eigenvalue weighted by atomic mass is 10.4. The van der Waals surface area contributed by atoms with Crippen molar-refractivity contribution in [2.45, 2.75) is 17.7 Å². The van der Waals surface area contributed by atoms with Gasteiger partial charge in [-0.05, 0) is 12.8 Å². The first kappa shape index (κ1) is 9.69. The van der Waals surface area contributed by atoms with Gasteiger partial charge in [0, 0.05) is 5.75 Å². The van der Waals surface area contributed by atoms with Gasteiger partial charge in [-0.3, -0.25) is 4.21 Å². The number of alkyl halides is 2. The molecule has 1 unspecified atom stereocenters. The van der Waals surface area contributed by atoms with E-state index in [0.717, 1.165) is 0 Å². The number of rotatable bonds is 4. The van der Waals surface area contributed by atoms with Gasteiger partial charge in [0.15, 0.2) is 0 Å². The van der Waals surface area contributed by atoms with Crippen molar-refractivity contribution in [2.75, 3.05) is 5.75 Å². The molecule has 0 aromatic heterocycles. The summed E-state index contributed by atoms with van der Waals surface area (Å²) in [6, 6.07) is 0. The summed E-state index contributed by atoms with van der Waals surface area (Å²) in [4.78, 5) is -0.437. The minimum Gasteiger partial charge on any atom is -0.772 e. The summed E-state index contributed by atoms with van der Waals surface area (Å²) in [6.07, 6.45) is 1.07. The lowest BCUT2D eigenvalue weighted by Gasteiger charge is -2.03. The Bertz CT molecular complexity index is 96.6. The molecule has 9 heavy (non-hydrogen) atoms. The quantitative estimate of drug-likeness (QED) is 0.497. The highest BCUT2D eigenvalue weighted by Gasteiger charge is 1.96. The van der Waals surface area contributed by atoms with Crippen LogP contribution in [0.4, 0.5) is 0 Å². The van der Waals surface area contributed by atoms with E-state index >= 15 is 0 Å². The van der Waals surface area contributed by atoms with E-state index in [-0.39, 0.29) is 5.75 Å². The highest BCUT2D eigenvalue weighted by Crippen LogP contribution is 2.09. The molecular formula is C4H7Cl2O2S-. The highest BCUT2D eigenvalue weighted by molar-refractivity contribution is 7.79. The average Bonchev–Trinajstić information content (AvgIpc) is 1.63. The summed E-state index contributed by atoms with van der Waals surface area (Å²) in [6.45, 7) is 0. The van der Waals surface area contributed by atoms with Crippen LogP contribution in [0.2, 0.25) is 0 Å². The van der Waals surface area contributed by atoms with Crippen molar-refractivity contribution in [3.63, 3.8) is 0 Å². The van der Waals surface area contributed by atoms with Crippen LogP contribution in [0.15, 0.2) is 0 Å². The Hall–Kier alpha value is 0.690. The van der Waals surface area contributed by atoms with Crippen molar-refractivity contribution >= 4 is 34.3 Å². The fraction of sp³-hybridized carbons (Fsp3) is 1.00. The summed E-state index contributed by atoms with van der Waals surface area (Å²) in [5.41, 5.74) is 0. The van der Waals surface area contributed by atoms with E-state index in [9.17, 15) is 8.76 Å². The van der Waals surface area contributed by atoms with Crippen LogP contribution in [0.25, 0.3) is 0 Å². The van der Waals surface area contributed by atoms with Crippen molar-refractivity contribution < 1.29 is 8.76 Å². The zero-order valence-electron chi connectivity index (χ0n) is 4.68. The summed E-state index contributed by atoms with van der Waals surface area (Å²) in [5, 5.41) is 0. The predicted molar refractivity (Wildman–Crippen MR) is 38.5 cm³/mol. The van der Waals surface area contributed by atoms with Crippen LogP contribution in [-0.2, 0) is 11.1 Å². The molecule has 0 saturated heterocycles. The Balaban J connectivity index is 3.01. The first-order valence-corrected chi connectivity index (χ1v) is 4.58. The first-order chi connectivity index (χ1) is 4.13. The molecule has 0 saturated carbocycles. The van der Waals surface area contributed by atoms with Gasteiger partial charge in [0.25, 0.3) is 0 Å². The third kappa shape index (κ3) is 8.69. The largest absolute Gasteiger partial charge is 0.772 e. The molecule has 0 bridgehead atoms. The van der Waals surface area contributed by atoms with Gasteiger partial charge in [-0.2, -0.15) is 0 Å². The molecule has 0 amide bonds. The molecule has 0 aliphatic rings. The summed E-state index contributed by atoms with van der Waals surface area (Å²) in [7, 11) is 0. The molecule has 0 rings (SSSR count). The fourth-order valence-electron chi connectivity index (χ4n) is 0.355. The van der Waals surface area contributed by atoms with Crippen LogP contribution in [0.5, 0.6) is 0 Å². The monoisotopic (exact) mass is 189 g/mol. The third-order valence-corrected chi connectivity index (χ3v) is 1.79. The van der Waals surface area contributed by atoms with Crippen molar-refractivity contribution in [2.24, 2.45) is 0 Å². The topological polar surface area (TPSA) is 40.1 Å². The molecule has 0 aromatic rings. The van der Waals surface area contributed by atoms with Crippen LogP contribution in [-0.4, -0.2) is 19.4 Å². The fourth-order valence-corrected chi connectivity index (χ4v) is 1.07. The minimum absolute atomic E-state index is 0.149. The number of hydrogen-bond acceptors (Lipinski definition) is 2. The van der Waals surface area contributed by atoms with Crippen LogP contribution in [0.1, 0.15) is 12.8 Å². The lowest BCUT2D eigenvalue weighted by molar-refractivity contribution is 0.534. The maximum atomic E-state index is 9.89. The Morgan fingerprint density at radius 3 is 2.44 bits per heavy atom. The molecule has 0 N–H and O–H groups in total. The second-order valence-electron chi connectivity index (χ2n) is 1.54. The van der Waals surface area contributed by atoms with E-state index < -0.39 is 15.9 Å². The Labute approximate surface area is 66.8 Å². The molecule has 0 aliphatic heterocycles. The minimum atomic E-state index is -1.95. The second kappa shape index (κ2) is 5.47. The number of hydrogen-bond donors (Lipinski definition) is 0. The van der Waals surface area contributed by atoms with E-state index in [0.29, 0.717) is 12.8 Å². The van der Waals surface area contributed by atoms with Crippen LogP contribution in [0.3, 0.4) is 0 Å². The van der Waals surface area contributed by atoms with E-state index in [1.54, 1.807) is 0 Å². The van der Waals surface area contributed by atoms with Gasteiger partial charge < -0.3 is 4.55 Å². The van der Waals surface area contributed by atoms with Gasteiger partial charge in [-0.25, -0.2) is 0 Å². The SMILES string of the molecule is O=S([O-])CCCC(Cl)Cl. The molecule has 5 heteroatoms. The maximum Gasteiger partial charge on any atom is 0.107 e. The van der Waals surface area contributed by atoms with Crippen molar-refractivity contribution in [1.82, 2.24) is 0 Å². The van der Waals surface area contributed by atoms with Crippen molar-refractivity contribution in [3.05, 3.63) is 0 Å². The molecule has 0 spiro atoms. The zero-order valence-corrected chi connectivity index (χ0v) is 7.01. The lowest BCUT2D eigenvalue weighted by Crippen LogP contribution is -1.97. The molecule has 0 aliphatic carbocycles. The standard InChI is InChI=1S/C4H8Cl2O2S/c5-4(6)2-1-3-9(7)8/h4H,1-3H2,(H,7,8)/p-1. The van der Waals surface area contributed by atoms with Crippen molar-refractivity contribution in [1.29, 1.82) is 0 Å². The highest BCUT2D eigenvalue weighted by atomic mass is 35.5. The van der Waals surface area contributed by atoms with Gasteiger partial charge in [0.2, 0.25) is 0 Å². The predicted octanol–water partition coefficient (Wildman–Crippen LogP) is 1.45. The third-order valence-electron chi connectivity index (χ3n) is 0.733. The Morgan fingerprint density at radius 1 is 1.56 bits per heavy atom. The molecule has 56 valence electrons. The van der Waals surface area contributed by atoms with E-state index in [1.165, 1.54) is 0 Å². The second-order valence-corrected chi connectivity index (χ2v) is 3.83. The van der Waals surface area contributed by atoms with Crippen LogP contribution >= 0.6 is 23.2 Å². The van der Waals surface area contributed by atoms with Gasteiger partial charge >= 0.3 is 0 Å². The summed E-state index contributed by atoms with van der Waals surface area (Å²) < 4.78 is 19.8. The zero-order chi connectivity index (χ0) is 7.28. The molecule has 1 atom stereocenters. The molecular weight excluding hydrogens is 183 g/mol. The Kier molecular flexibility index (Phi) is 5.89. The van der Waals surface area contributed by atoms with Gasteiger partial charge in [-0.1, -0.05) is 11.1 Å². The van der Waals surface area contributed by atoms with Crippen molar-refractivity contribution in [3.8, 4) is 0 Å². The van der Waals surface area contributed by atoms with Crippen LogP contribution in [0, 0.1) is 0 Å². The molecule has 0 aromatic carbocycles. The maximum absolute atomic E-state index is 9.89. The smallest absolute Gasteiger partial charge is 0.107 e. The van der Waals surface area contributed by atoms with Gasteiger partial charge in [0.1, 0.15) is 4.84 Å². The van der Waals surface area contributed by atoms with Gasteiger partial charge in [0.05, 0.1) is 0 Å². The summed E-state index contributed by atoms with van der Waals surface area (Å²) in [5.74, 6) is 0.149. The molecule has 0 heterocycles. The first-order valence-electron chi connectivity index (χ1n) is 2.47. The Morgan fingerprint density at radius 2 is 2.11 bits per heavy atom. The molecule has 0 radical (unpaired) electrons. The summed E-state index contributed by atoms with van der Waals surface area (Å²) >= 11 is 8.70. The van der Waals surface area contributed by atoms with Crippen LogP contribution < -0.4 is 0 Å². The normalized spacial score (nSPS) is 14.2.